The summed E-state index contributed by atoms with van der Waals surface area (Å²) < 4.78 is 0. The van der Waals surface area contributed by atoms with Crippen molar-refractivity contribution in [1.82, 2.24) is 15.2 Å². The van der Waals surface area contributed by atoms with E-state index >= 15 is 0 Å². The van der Waals surface area contributed by atoms with Crippen LogP contribution in [0.4, 0.5) is 0 Å². The number of benzene rings is 1. The number of aromatic nitrogens is 1. The number of pyridine rings is 1. The minimum absolute atomic E-state index is 0.212. The van der Waals surface area contributed by atoms with Gasteiger partial charge in [-0.3, -0.25) is 14.6 Å². The lowest BCUT2D eigenvalue weighted by molar-refractivity contribution is -0.120. The minimum atomic E-state index is -0.425. The molecular formula is C24H29N5O2. The van der Waals surface area contributed by atoms with E-state index in [0.717, 1.165) is 35.4 Å². The number of allylic oxidation sites excluding steroid dienone is 1. The third kappa shape index (κ3) is 5.93. The average Bonchev–Trinajstić information content (AvgIpc) is 2.73. The summed E-state index contributed by atoms with van der Waals surface area (Å²) in [7, 11) is 2.03. The molecule has 1 aliphatic heterocycles. The van der Waals surface area contributed by atoms with Crippen molar-refractivity contribution in [2.45, 2.75) is 20.4 Å². The van der Waals surface area contributed by atoms with Crippen molar-refractivity contribution in [3.63, 3.8) is 0 Å². The number of hydrogen-bond donors (Lipinski definition) is 2. The van der Waals surface area contributed by atoms with E-state index in [1.54, 1.807) is 13.1 Å². The number of carbonyl (C=O) groups is 2. The molecular weight excluding hydrogens is 390 g/mol. The Morgan fingerprint density at radius 1 is 1.19 bits per heavy atom. The van der Waals surface area contributed by atoms with Crippen molar-refractivity contribution in [3.8, 4) is 11.1 Å². The maximum atomic E-state index is 12.7. The normalized spacial score (nSPS) is 16.2. The number of nitrogens with zero attached hydrogens (tertiary/aromatic N) is 3. The van der Waals surface area contributed by atoms with Crippen LogP contribution in [-0.4, -0.2) is 54.1 Å². The van der Waals surface area contributed by atoms with Gasteiger partial charge in [0.1, 0.15) is 0 Å². The van der Waals surface area contributed by atoms with Crippen molar-refractivity contribution in [1.29, 1.82) is 0 Å². The second-order valence-electron chi connectivity index (χ2n) is 7.93. The Morgan fingerprint density at radius 3 is 2.74 bits per heavy atom. The Morgan fingerprint density at radius 2 is 2.00 bits per heavy atom. The lowest BCUT2D eigenvalue weighted by atomic mass is 9.95. The van der Waals surface area contributed by atoms with Crippen LogP contribution in [0.5, 0.6) is 0 Å². The second-order valence-corrected chi connectivity index (χ2v) is 7.93. The first-order chi connectivity index (χ1) is 14.9. The quantitative estimate of drug-likeness (QED) is 0.684. The van der Waals surface area contributed by atoms with E-state index in [2.05, 4.69) is 32.3 Å². The lowest BCUT2D eigenvalue weighted by Crippen LogP contribution is -2.34. The van der Waals surface area contributed by atoms with Gasteiger partial charge in [0.25, 0.3) is 11.8 Å². The summed E-state index contributed by atoms with van der Waals surface area (Å²) in [4.78, 5) is 35.2. The minimum Gasteiger partial charge on any atom is -0.351 e. The zero-order valence-electron chi connectivity index (χ0n) is 18.3. The van der Waals surface area contributed by atoms with Crippen LogP contribution < -0.4 is 11.1 Å². The predicted octanol–water partition coefficient (Wildman–Crippen LogP) is 2.43. The van der Waals surface area contributed by atoms with Gasteiger partial charge in [0.15, 0.2) is 0 Å². The third-order valence-corrected chi connectivity index (χ3v) is 5.26. The molecule has 0 saturated heterocycles. The van der Waals surface area contributed by atoms with Crippen molar-refractivity contribution in [2.75, 3.05) is 26.7 Å². The summed E-state index contributed by atoms with van der Waals surface area (Å²) in [5.74, 6) is -0.910. The molecule has 1 unspecified atom stereocenters. The fraction of sp³-hybridized carbons (Fsp3) is 0.333. The Hall–Kier alpha value is -3.16. The summed E-state index contributed by atoms with van der Waals surface area (Å²) in [6, 6.07) is 9.99. The molecule has 0 fully saturated rings. The van der Waals surface area contributed by atoms with Gasteiger partial charge in [-0.1, -0.05) is 23.8 Å². The molecule has 0 bridgehead atoms. The first-order valence-electron chi connectivity index (χ1n) is 10.4. The highest BCUT2D eigenvalue weighted by molar-refractivity contribution is 6.06. The number of hydrogen-bond acceptors (Lipinski definition) is 5. The van der Waals surface area contributed by atoms with E-state index in [4.69, 9.17) is 5.73 Å². The van der Waals surface area contributed by atoms with Crippen molar-refractivity contribution >= 4 is 17.5 Å². The molecule has 31 heavy (non-hydrogen) atoms. The first-order valence-corrected chi connectivity index (χ1v) is 10.4. The third-order valence-electron chi connectivity index (χ3n) is 5.26. The van der Waals surface area contributed by atoms with Crippen molar-refractivity contribution < 1.29 is 9.59 Å². The molecule has 1 aromatic heterocycles. The zero-order chi connectivity index (χ0) is 22.4. The molecule has 2 aromatic rings. The maximum Gasteiger partial charge on any atom is 0.254 e. The summed E-state index contributed by atoms with van der Waals surface area (Å²) in [5.41, 5.74) is 10.7. The molecule has 1 aromatic carbocycles. The number of dihydropyridines is 1. The molecule has 162 valence electrons. The van der Waals surface area contributed by atoms with Gasteiger partial charge in [0.05, 0.1) is 11.5 Å². The van der Waals surface area contributed by atoms with Gasteiger partial charge in [-0.15, -0.1) is 0 Å². The highest BCUT2D eigenvalue weighted by Crippen LogP contribution is 2.22. The molecule has 2 amide bonds. The van der Waals surface area contributed by atoms with E-state index in [-0.39, 0.29) is 18.4 Å². The fourth-order valence-corrected chi connectivity index (χ4v) is 3.64. The average molecular weight is 420 g/mol. The van der Waals surface area contributed by atoms with E-state index < -0.39 is 5.92 Å². The first kappa shape index (κ1) is 22.5. The van der Waals surface area contributed by atoms with Crippen LogP contribution in [-0.2, 0) is 11.3 Å². The largest absolute Gasteiger partial charge is 0.351 e. The maximum absolute atomic E-state index is 12.7. The number of amides is 2. The molecule has 7 nitrogen and oxygen atoms in total. The summed E-state index contributed by atoms with van der Waals surface area (Å²) in [6.45, 7) is 6.12. The fourth-order valence-electron chi connectivity index (χ4n) is 3.64. The van der Waals surface area contributed by atoms with Gasteiger partial charge in [0.2, 0.25) is 0 Å². The Kier molecular flexibility index (Phi) is 7.44. The summed E-state index contributed by atoms with van der Waals surface area (Å²) in [5, 5.41) is 2.85. The van der Waals surface area contributed by atoms with Gasteiger partial charge >= 0.3 is 0 Å². The van der Waals surface area contributed by atoms with Crippen LogP contribution in [0.15, 0.2) is 59.4 Å². The highest BCUT2D eigenvalue weighted by atomic mass is 16.2. The Balaban J connectivity index is 1.70. The second kappa shape index (κ2) is 10.2. The zero-order valence-corrected chi connectivity index (χ0v) is 18.3. The van der Waals surface area contributed by atoms with Crippen molar-refractivity contribution in [2.24, 2.45) is 16.6 Å². The summed E-state index contributed by atoms with van der Waals surface area (Å²) in [6.07, 6.45) is 5.15. The van der Waals surface area contributed by atoms with E-state index in [9.17, 15) is 9.59 Å². The van der Waals surface area contributed by atoms with Crippen LogP contribution in [0.25, 0.3) is 11.1 Å². The molecule has 0 spiro atoms. The molecule has 2 heterocycles. The van der Waals surface area contributed by atoms with Gasteiger partial charge < -0.3 is 16.0 Å². The topological polar surface area (TPSA) is 101 Å². The van der Waals surface area contributed by atoms with Crippen LogP contribution in [0, 0.1) is 5.92 Å². The lowest BCUT2D eigenvalue weighted by Gasteiger charge is -2.19. The van der Waals surface area contributed by atoms with Gasteiger partial charge in [0, 0.05) is 49.8 Å². The van der Waals surface area contributed by atoms with Crippen LogP contribution in [0.1, 0.15) is 29.8 Å². The van der Waals surface area contributed by atoms with E-state index in [1.165, 1.54) is 6.20 Å². The molecule has 0 radical (unpaired) electrons. The molecule has 3 N–H and O–H groups in total. The highest BCUT2D eigenvalue weighted by Gasteiger charge is 2.24. The van der Waals surface area contributed by atoms with Crippen LogP contribution in [0.2, 0.25) is 0 Å². The number of nitrogens with one attached hydrogen (secondary N) is 1. The Bertz CT molecular complexity index is 1030. The van der Waals surface area contributed by atoms with Gasteiger partial charge in [-0.25, -0.2) is 4.99 Å². The SMILES string of the molecule is CC1=CC(C)=NC(=O)C1CNC(=O)c1cncc(-c2cccc(CN(C)CCN)c2)c1. The predicted molar refractivity (Wildman–Crippen MR) is 123 cm³/mol. The van der Waals surface area contributed by atoms with Crippen LogP contribution >= 0.6 is 0 Å². The van der Waals surface area contributed by atoms with Gasteiger partial charge in [-0.2, -0.15) is 0 Å². The molecule has 7 heteroatoms. The number of carbonyl (C=O) groups excluding carboxylic acids is 2. The summed E-state index contributed by atoms with van der Waals surface area (Å²) >= 11 is 0. The number of aliphatic imine (C=N–C) groups is 1. The molecule has 0 saturated carbocycles. The van der Waals surface area contributed by atoms with Crippen LogP contribution in [0.3, 0.4) is 0 Å². The molecule has 1 aliphatic rings. The monoisotopic (exact) mass is 419 g/mol. The van der Waals surface area contributed by atoms with Gasteiger partial charge in [-0.05, 0) is 50.2 Å². The molecule has 1 atom stereocenters. The van der Waals surface area contributed by atoms with Crippen molar-refractivity contribution in [3.05, 3.63) is 65.5 Å². The molecule has 0 aliphatic carbocycles. The van der Waals surface area contributed by atoms with E-state index in [0.29, 0.717) is 17.8 Å². The Labute approximate surface area is 183 Å². The van der Waals surface area contributed by atoms with E-state index in [1.807, 2.05) is 38.2 Å². The number of rotatable bonds is 8. The standard InChI is InChI=1S/C24H29N5O2/c1-16-9-17(2)28-24(31)22(16)14-27-23(30)21-11-20(12-26-13-21)19-6-4-5-18(10-19)15-29(3)8-7-25/h4-6,9-13,22H,7-8,14-15,25H2,1-3H3,(H,27,30). The number of likely N-dealkylation sites (N-methyl/N-ethyl adjacent to an activating group) is 1. The smallest absolute Gasteiger partial charge is 0.254 e. The number of nitrogens with two attached hydrogens (primary N) is 1. The molecule has 3 rings (SSSR count).